The van der Waals surface area contributed by atoms with Crippen LogP contribution < -0.4 is 0 Å². The van der Waals surface area contributed by atoms with Crippen LogP contribution in [0.2, 0.25) is 0 Å². The molecule has 0 radical (unpaired) electrons. The van der Waals surface area contributed by atoms with Gasteiger partial charge >= 0.3 is 0 Å². The Morgan fingerprint density at radius 2 is 1.68 bits per heavy atom. The van der Waals surface area contributed by atoms with Crippen LogP contribution in [0.4, 0.5) is 0 Å². The van der Waals surface area contributed by atoms with E-state index in [4.69, 9.17) is 0 Å². The predicted octanol–water partition coefficient (Wildman–Crippen LogP) is 4.94. The number of aromatic nitrogens is 1. The van der Waals surface area contributed by atoms with Crippen LogP contribution in [0.3, 0.4) is 0 Å². The maximum atomic E-state index is 13.1. The lowest BCUT2D eigenvalue weighted by atomic mass is 10.1. The number of carbonyl (C=O) groups is 1. The summed E-state index contributed by atoms with van der Waals surface area (Å²) in [7, 11) is 0. The van der Waals surface area contributed by atoms with E-state index >= 15 is 0 Å². The topological polar surface area (TPSA) is 33.2 Å². The summed E-state index contributed by atoms with van der Waals surface area (Å²) in [6.45, 7) is 5.48. The van der Waals surface area contributed by atoms with Crippen molar-refractivity contribution in [1.82, 2.24) is 9.88 Å². The molecular formula is C21H22N2OS. The van der Waals surface area contributed by atoms with Crippen LogP contribution in [-0.4, -0.2) is 28.9 Å². The van der Waals surface area contributed by atoms with Crippen molar-refractivity contribution in [2.75, 3.05) is 13.1 Å². The molecule has 3 rings (SSSR count). The number of thioether (sulfide) groups is 1. The lowest BCUT2D eigenvalue weighted by Gasteiger charge is -2.25. The zero-order valence-corrected chi connectivity index (χ0v) is 15.4. The van der Waals surface area contributed by atoms with Gasteiger partial charge in [0.15, 0.2) is 0 Å². The van der Waals surface area contributed by atoms with Crippen LogP contribution in [0.15, 0.2) is 71.8 Å². The summed E-state index contributed by atoms with van der Waals surface area (Å²) >= 11 is 1.61. The fourth-order valence-electron chi connectivity index (χ4n) is 2.89. The molecule has 0 bridgehead atoms. The molecule has 0 aliphatic carbocycles. The van der Waals surface area contributed by atoms with Crippen molar-refractivity contribution in [2.45, 2.75) is 24.0 Å². The number of hydrogen-bond acceptors (Lipinski definition) is 3. The smallest absolute Gasteiger partial charge is 0.240 e. The Morgan fingerprint density at radius 1 is 1.00 bits per heavy atom. The van der Waals surface area contributed by atoms with Gasteiger partial charge in [-0.3, -0.25) is 9.78 Å². The highest BCUT2D eigenvalue weighted by Gasteiger charge is 2.26. The zero-order valence-electron chi connectivity index (χ0n) is 14.6. The fourth-order valence-corrected chi connectivity index (χ4v) is 4.13. The van der Waals surface area contributed by atoms with E-state index in [2.05, 4.69) is 11.1 Å². The second-order valence-corrected chi connectivity index (χ2v) is 6.89. The average Bonchev–Trinajstić information content (AvgIpc) is 2.67. The van der Waals surface area contributed by atoms with Gasteiger partial charge in [-0.05, 0) is 31.5 Å². The first-order chi connectivity index (χ1) is 12.2. The van der Waals surface area contributed by atoms with Crippen LogP contribution in [0, 0.1) is 0 Å². The minimum absolute atomic E-state index is 0.155. The minimum Gasteiger partial charge on any atom is -0.342 e. The Hall–Kier alpha value is -2.33. The molecule has 0 aliphatic rings. The number of fused-ring (bicyclic) bond motifs is 1. The molecule has 3 aromatic rings. The van der Waals surface area contributed by atoms with Gasteiger partial charge in [0.2, 0.25) is 5.91 Å². The van der Waals surface area contributed by atoms with Gasteiger partial charge in [-0.2, -0.15) is 0 Å². The van der Waals surface area contributed by atoms with Crippen molar-refractivity contribution in [3.05, 3.63) is 72.4 Å². The van der Waals surface area contributed by atoms with Crippen LogP contribution in [-0.2, 0) is 4.79 Å². The van der Waals surface area contributed by atoms with Crippen molar-refractivity contribution in [1.29, 1.82) is 0 Å². The van der Waals surface area contributed by atoms with Crippen molar-refractivity contribution in [2.24, 2.45) is 0 Å². The molecule has 25 heavy (non-hydrogen) atoms. The number of pyridine rings is 1. The molecular weight excluding hydrogens is 328 g/mol. The van der Waals surface area contributed by atoms with E-state index in [0.29, 0.717) is 0 Å². The summed E-state index contributed by atoms with van der Waals surface area (Å²) in [6, 6.07) is 20.1. The number of carbonyl (C=O) groups excluding carboxylic acids is 1. The van der Waals surface area contributed by atoms with Gasteiger partial charge in [0, 0.05) is 29.6 Å². The van der Waals surface area contributed by atoms with E-state index < -0.39 is 0 Å². The quantitative estimate of drug-likeness (QED) is 0.591. The van der Waals surface area contributed by atoms with Crippen molar-refractivity contribution < 1.29 is 4.79 Å². The van der Waals surface area contributed by atoms with Gasteiger partial charge in [-0.1, -0.05) is 48.5 Å². The molecule has 0 spiro atoms. The van der Waals surface area contributed by atoms with E-state index in [0.717, 1.165) is 34.5 Å². The van der Waals surface area contributed by atoms with Gasteiger partial charge < -0.3 is 4.90 Å². The second kappa shape index (κ2) is 8.17. The largest absolute Gasteiger partial charge is 0.342 e. The Balaban J connectivity index is 2.01. The van der Waals surface area contributed by atoms with Gasteiger partial charge in [0.1, 0.15) is 5.25 Å². The Morgan fingerprint density at radius 3 is 2.40 bits per heavy atom. The number of benzene rings is 2. The van der Waals surface area contributed by atoms with E-state index in [1.54, 1.807) is 11.8 Å². The summed E-state index contributed by atoms with van der Waals surface area (Å²) in [6.07, 6.45) is 1.81. The lowest BCUT2D eigenvalue weighted by Crippen LogP contribution is -2.33. The summed E-state index contributed by atoms with van der Waals surface area (Å²) in [4.78, 5) is 20.5. The Kier molecular flexibility index (Phi) is 5.71. The molecule has 0 saturated carbocycles. The molecule has 1 unspecified atom stereocenters. The van der Waals surface area contributed by atoms with Gasteiger partial charge in [-0.25, -0.2) is 0 Å². The van der Waals surface area contributed by atoms with Gasteiger partial charge in [0.05, 0.1) is 5.52 Å². The highest BCUT2D eigenvalue weighted by atomic mass is 32.2. The van der Waals surface area contributed by atoms with Crippen molar-refractivity contribution in [3.8, 4) is 0 Å². The number of nitrogens with zero attached hydrogens (tertiary/aromatic N) is 2. The molecule has 0 N–H and O–H groups in total. The second-order valence-electron chi connectivity index (χ2n) is 5.75. The maximum Gasteiger partial charge on any atom is 0.240 e. The van der Waals surface area contributed by atoms with Crippen LogP contribution in [0.1, 0.15) is 24.7 Å². The fraction of sp³-hybridized carbons (Fsp3) is 0.238. The average molecular weight is 350 g/mol. The van der Waals surface area contributed by atoms with Crippen LogP contribution in [0.25, 0.3) is 10.9 Å². The lowest BCUT2D eigenvalue weighted by molar-refractivity contribution is -0.130. The van der Waals surface area contributed by atoms with Crippen molar-refractivity contribution in [3.63, 3.8) is 0 Å². The molecule has 4 heteroatoms. The molecule has 3 nitrogen and oxygen atoms in total. The molecule has 1 aromatic heterocycles. The molecule has 0 aliphatic heterocycles. The molecule has 1 amide bonds. The Labute approximate surface area is 153 Å². The summed E-state index contributed by atoms with van der Waals surface area (Å²) in [5, 5.41) is 0.829. The SMILES string of the molecule is CCN(CC)C(=O)C(Sc1ccnc2ccccc12)c1ccccc1. The monoisotopic (exact) mass is 350 g/mol. The standard InChI is InChI=1S/C21H22N2OS/c1-3-23(4-2)21(24)20(16-10-6-5-7-11-16)25-19-14-15-22-18-13-9-8-12-17(18)19/h5-15,20H,3-4H2,1-2H3. The molecule has 128 valence electrons. The van der Waals surface area contributed by atoms with E-state index in [9.17, 15) is 4.79 Å². The number of hydrogen-bond donors (Lipinski definition) is 0. The van der Waals surface area contributed by atoms with Gasteiger partial charge in [-0.15, -0.1) is 11.8 Å². The number of amides is 1. The highest BCUT2D eigenvalue weighted by molar-refractivity contribution is 8.00. The van der Waals surface area contributed by atoms with E-state index in [1.807, 2.05) is 79.5 Å². The van der Waals surface area contributed by atoms with Crippen LogP contribution in [0.5, 0.6) is 0 Å². The summed E-state index contributed by atoms with van der Waals surface area (Å²) < 4.78 is 0. The third-order valence-corrected chi connectivity index (χ3v) is 5.58. The first kappa shape index (κ1) is 17.5. The highest BCUT2D eigenvalue weighted by Crippen LogP contribution is 2.39. The number of rotatable bonds is 6. The molecule has 2 aromatic carbocycles. The van der Waals surface area contributed by atoms with E-state index in [-0.39, 0.29) is 11.2 Å². The van der Waals surface area contributed by atoms with Crippen LogP contribution >= 0.6 is 11.8 Å². The van der Waals surface area contributed by atoms with E-state index in [1.165, 1.54) is 0 Å². The normalized spacial score (nSPS) is 12.1. The number of para-hydroxylation sites is 1. The molecule has 0 fully saturated rings. The van der Waals surface area contributed by atoms with Crippen molar-refractivity contribution >= 4 is 28.6 Å². The first-order valence-corrected chi connectivity index (χ1v) is 9.46. The van der Waals surface area contributed by atoms with Gasteiger partial charge in [0.25, 0.3) is 0 Å². The number of likely N-dealkylation sites (N-methyl/N-ethyl adjacent to an activating group) is 1. The Bertz CT molecular complexity index is 841. The predicted molar refractivity (Wildman–Crippen MR) is 105 cm³/mol. The third kappa shape index (κ3) is 3.85. The third-order valence-electron chi connectivity index (χ3n) is 4.26. The first-order valence-electron chi connectivity index (χ1n) is 8.58. The molecule has 1 heterocycles. The molecule has 0 saturated heterocycles. The summed E-state index contributed by atoms with van der Waals surface area (Å²) in [5.74, 6) is 0.155. The maximum absolute atomic E-state index is 13.1. The summed E-state index contributed by atoms with van der Waals surface area (Å²) in [5.41, 5.74) is 1.99. The molecule has 1 atom stereocenters. The zero-order chi connectivity index (χ0) is 17.6. The minimum atomic E-state index is -0.257.